The first-order chi connectivity index (χ1) is 8.17. The lowest BCUT2D eigenvalue weighted by Crippen LogP contribution is -2.28. The molecule has 0 aromatic carbocycles. The zero-order chi connectivity index (χ0) is 12.7. The van der Waals surface area contributed by atoms with Gasteiger partial charge in [0.05, 0.1) is 6.54 Å². The summed E-state index contributed by atoms with van der Waals surface area (Å²) in [5.74, 6) is 2.29. The first-order valence-corrected chi connectivity index (χ1v) is 6.85. The van der Waals surface area contributed by atoms with Gasteiger partial charge in [-0.25, -0.2) is 9.67 Å². The molecule has 0 atom stereocenters. The summed E-state index contributed by atoms with van der Waals surface area (Å²) in [6.07, 6.45) is 2.78. The quantitative estimate of drug-likeness (QED) is 0.672. The maximum Gasteiger partial charge on any atom is 0.141 e. The van der Waals surface area contributed by atoms with Crippen LogP contribution in [-0.4, -0.2) is 38.6 Å². The molecule has 0 fully saturated rings. The van der Waals surface area contributed by atoms with Crippen LogP contribution in [-0.2, 0) is 13.1 Å². The van der Waals surface area contributed by atoms with E-state index in [1.54, 1.807) is 6.33 Å². The lowest BCUT2D eigenvalue weighted by molar-refractivity contribution is 0.266. The molecule has 98 valence electrons. The molecule has 0 aliphatic heterocycles. The van der Waals surface area contributed by atoms with Gasteiger partial charge < -0.3 is 0 Å². The van der Waals surface area contributed by atoms with E-state index in [1.165, 1.54) is 0 Å². The van der Waals surface area contributed by atoms with Crippen LogP contribution in [0.4, 0.5) is 0 Å². The average molecular weight is 259 g/mol. The molecule has 1 rings (SSSR count). The van der Waals surface area contributed by atoms with Crippen molar-refractivity contribution in [3.05, 3.63) is 12.2 Å². The molecule has 0 radical (unpaired) electrons. The Kier molecular flexibility index (Phi) is 6.52. The number of nitrogens with zero attached hydrogens (tertiary/aromatic N) is 4. The van der Waals surface area contributed by atoms with E-state index in [9.17, 15) is 0 Å². The van der Waals surface area contributed by atoms with Crippen LogP contribution >= 0.6 is 11.6 Å². The van der Waals surface area contributed by atoms with Gasteiger partial charge >= 0.3 is 0 Å². The van der Waals surface area contributed by atoms with Crippen LogP contribution in [0.1, 0.15) is 33.0 Å². The SMILES string of the molecule is CCCN(CCCl)Cc1ncnn1CC(C)C. The maximum atomic E-state index is 5.81. The predicted octanol–water partition coefficient (Wildman–Crippen LogP) is 2.38. The largest absolute Gasteiger partial charge is 0.295 e. The van der Waals surface area contributed by atoms with Crippen LogP contribution in [0.25, 0.3) is 0 Å². The number of aromatic nitrogens is 3. The van der Waals surface area contributed by atoms with Crippen molar-refractivity contribution >= 4 is 11.6 Å². The monoisotopic (exact) mass is 258 g/mol. The van der Waals surface area contributed by atoms with Crippen molar-refractivity contribution in [3.63, 3.8) is 0 Å². The van der Waals surface area contributed by atoms with Crippen LogP contribution in [0.3, 0.4) is 0 Å². The molecular formula is C12H23ClN4. The molecule has 1 aromatic heterocycles. The Hall–Kier alpha value is -0.610. The van der Waals surface area contributed by atoms with Crippen molar-refractivity contribution in [3.8, 4) is 0 Å². The van der Waals surface area contributed by atoms with Gasteiger partial charge in [-0.15, -0.1) is 11.6 Å². The predicted molar refractivity (Wildman–Crippen MR) is 71.1 cm³/mol. The van der Waals surface area contributed by atoms with E-state index < -0.39 is 0 Å². The van der Waals surface area contributed by atoms with E-state index >= 15 is 0 Å². The maximum absolute atomic E-state index is 5.81. The Morgan fingerprint density at radius 2 is 2.18 bits per heavy atom. The van der Waals surface area contributed by atoms with E-state index in [1.807, 2.05) is 4.68 Å². The molecule has 0 amide bonds. The molecule has 4 nitrogen and oxygen atoms in total. The molecular weight excluding hydrogens is 236 g/mol. The fraction of sp³-hybridized carbons (Fsp3) is 0.833. The highest BCUT2D eigenvalue weighted by atomic mass is 35.5. The Bertz CT molecular complexity index is 305. The van der Waals surface area contributed by atoms with E-state index in [2.05, 4.69) is 35.8 Å². The van der Waals surface area contributed by atoms with Gasteiger partial charge in [-0.05, 0) is 18.9 Å². The molecule has 0 N–H and O–H groups in total. The second kappa shape index (κ2) is 7.67. The number of alkyl halides is 1. The van der Waals surface area contributed by atoms with Crippen LogP contribution < -0.4 is 0 Å². The summed E-state index contributed by atoms with van der Waals surface area (Å²) < 4.78 is 2.00. The molecule has 0 unspecified atom stereocenters. The fourth-order valence-corrected chi connectivity index (χ4v) is 2.05. The van der Waals surface area contributed by atoms with E-state index in [0.717, 1.165) is 38.4 Å². The third kappa shape index (κ3) is 5.04. The van der Waals surface area contributed by atoms with Gasteiger partial charge in [0.2, 0.25) is 0 Å². The molecule has 0 saturated heterocycles. The Morgan fingerprint density at radius 1 is 1.41 bits per heavy atom. The summed E-state index contributed by atoms with van der Waals surface area (Å²) in [6.45, 7) is 10.3. The summed E-state index contributed by atoms with van der Waals surface area (Å²) in [5, 5.41) is 4.28. The van der Waals surface area contributed by atoms with Crippen LogP contribution in [0.2, 0.25) is 0 Å². The Morgan fingerprint density at radius 3 is 2.76 bits per heavy atom. The molecule has 0 aliphatic carbocycles. The molecule has 17 heavy (non-hydrogen) atoms. The van der Waals surface area contributed by atoms with Crippen molar-refractivity contribution in [2.24, 2.45) is 5.92 Å². The molecule has 0 saturated carbocycles. The molecule has 0 spiro atoms. The number of rotatable bonds is 8. The standard InChI is InChI=1S/C12H23ClN4/c1-4-6-16(7-5-13)9-12-14-10-15-17(12)8-11(2)3/h10-11H,4-9H2,1-3H3. The van der Waals surface area contributed by atoms with Gasteiger partial charge in [-0.2, -0.15) is 5.10 Å². The highest BCUT2D eigenvalue weighted by Gasteiger charge is 2.10. The summed E-state index contributed by atoms with van der Waals surface area (Å²) in [4.78, 5) is 6.67. The van der Waals surface area contributed by atoms with Crippen molar-refractivity contribution in [2.45, 2.75) is 40.3 Å². The smallest absolute Gasteiger partial charge is 0.141 e. The zero-order valence-electron chi connectivity index (χ0n) is 11.1. The molecule has 1 heterocycles. The number of hydrogen-bond acceptors (Lipinski definition) is 3. The Labute approximate surface area is 109 Å². The lowest BCUT2D eigenvalue weighted by atomic mass is 10.2. The van der Waals surface area contributed by atoms with Crippen molar-refractivity contribution in [1.29, 1.82) is 0 Å². The van der Waals surface area contributed by atoms with Gasteiger partial charge in [0, 0.05) is 19.0 Å². The minimum absolute atomic E-state index is 0.586. The second-order valence-electron chi connectivity index (χ2n) is 4.72. The normalized spacial score (nSPS) is 11.6. The Balaban J connectivity index is 2.61. The van der Waals surface area contributed by atoms with Crippen molar-refractivity contribution in [1.82, 2.24) is 19.7 Å². The van der Waals surface area contributed by atoms with E-state index in [0.29, 0.717) is 11.8 Å². The van der Waals surface area contributed by atoms with Gasteiger partial charge in [0.15, 0.2) is 0 Å². The molecule has 5 heteroatoms. The molecule has 0 aliphatic rings. The van der Waals surface area contributed by atoms with Gasteiger partial charge in [0.1, 0.15) is 12.2 Å². The van der Waals surface area contributed by atoms with E-state index in [4.69, 9.17) is 11.6 Å². The first kappa shape index (κ1) is 14.5. The average Bonchev–Trinajstić information content (AvgIpc) is 2.65. The second-order valence-corrected chi connectivity index (χ2v) is 5.10. The summed E-state index contributed by atoms with van der Waals surface area (Å²) in [6, 6.07) is 0. The first-order valence-electron chi connectivity index (χ1n) is 6.32. The van der Waals surface area contributed by atoms with Crippen LogP contribution in [0.5, 0.6) is 0 Å². The summed E-state index contributed by atoms with van der Waals surface area (Å²) >= 11 is 5.81. The third-order valence-electron chi connectivity index (χ3n) is 2.54. The third-order valence-corrected chi connectivity index (χ3v) is 2.71. The molecule has 1 aromatic rings. The highest BCUT2D eigenvalue weighted by Crippen LogP contribution is 2.05. The van der Waals surface area contributed by atoms with Gasteiger partial charge in [-0.3, -0.25) is 4.90 Å². The zero-order valence-corrected chi connectivity index (χ0v) is 11.8. The van der Waals surface area contributed by atoms with Crippen LogP contribution in [0, 0.1) is 5.92 Å². The minimum atomic E-state index is 0.586. The summed E-state index contributed by atoms with van der Waals surface area (Å²) in [7, 11) is 0. The topological polar surface area (TPSA) is 34.0 Å². The summed E-state index contributed by atoms with van der Waals surface area (Å²) in [5.41, 5.74) is 0. The lowest BCUT2D eigenvalue weighted by Gasteiger charge is -2.20. The highest BCUT2D eigenvalue weighted by molar-refractivity contribution is 6.18. The molecule has 0 bridgehead atoms. The van der Waals surface area contributed by atoms with Gasteiger partial charge in [0.25, 0.3) is 0 Å². The van der Waals surface area contributed by atoms with Crippen LogP contribution in [0.15, 0.2) is 6.33 Å². The van der Waals surface area contributed by atoms with E-state index in [-0.39, 0.29) is 0 Å². The van der Waals surface area contributed by atoms with Crippen molar-refractivity contribution < 1.29 is 0 Å². The fourth-order valence-electron chi connectivity index (χ4n) is 1.81. The number of hydrogen-bond donors (Lipinski definition) is 0. The van der Waals surface area contributed by atoms with Gasteiger partial charge in [-0.1, -0.05) is 20.8 Å². The van der Waals surface area contributed by atoms with Crippen molar-refractivity contribution in [2.75, 3.05) is 19.0 Å². The minimum Gasteiger partial charge on any atom is -0.295 e. The number of halogens is 1.